The summed E-state index contributed by atoms with van der Waals surface area (Å²) in [6.45, 7) is 13.0. The minimum atomic E-state index is -0.659. The molecule has 5 heteroatoms. The van der Waals surface area contributed by atoms with Crippen molar-refractivity contribution in [2.75, 3.05) is 0 Å². The Balaban J connectivity index is 1.92. The van der Waals surface area contributed by atoms with E-state index in [1.807, 2.05) is 41.5 Å². The Labute approximate surface area is 197 Å². The average molecular weight is 455 g/mol. The Morgan fingerprint density at radius 1 is 1.00 bits per heavy atom. The number of Topliss-reactive ketones (excluding diaryl/α,β-unsaturated/α-hetero) is 1. The number of rotatable bonds is 5. The summed E-state index contributed by atoms with van der Waals surface area (Å²) in [6, 6.07) is 4.16. The SMILES string of the molecule is CC(=O)OC1CCC(CC2CC(=O)C(c3c(C)cc(C)cc3C)=C2OC(=O)C(C)(C)C)CC1. The Morgan fingerprint density at radius 3 is 2.09 bits per heavy atom. The number of benzene rings is 1. The van der Waals surface area contributed by atoms with Crippen LogP contribution in [0.2, 0.25) is 0 Å². The third-order valence-electron chi connectivity index (χ3n) is 6.81. The van der Waals surface area contributed by atoms with Gasteiger partial charge in [-0.2, -0.15) is 0 Å². The highest BCUT2D eigenvalue weighted by Crippen LogP contribution is 2.44. The molecule has 1 aromatic rings. The average Bonchev–Trinajstić information content (AvgIpc) is 2.96. The number of hydrogen-bond donors (Lipinski definition) is 0. The maximum Gasteiger partial charge on any atom is 0.316 e. The van der Waals surface area contributed by atoms with Crippen LogP contribution in [-0.2, 0) is 23.9 Å². The van der Waals surface area contributed by atoms with E-state index in [-0.39, 0.29) is 29.7 Å². The Morgan fingerprint density at radius 2 is 1.58 bits per heavy atom. The van der Waals surface area contributed by atoms with Gasteiger partial charge in [-0.25, -0.2) is 0 Å². The van der Waals surface area contributed by atoms with Crippen molar-refractivity contribution in [3.05, 3.63) is 40.1 Å². The lowest BCUT2D eigenvalue weighted by Gasteiger charge is -2.30. The fourth-order valence-corrected chi connectivity index (χ4v) is 5.30. The number of ketones is 1. The molecular weight excluding hydrogens is 416 g/mol. The summed E-state index contributed by atoms with van der Waals surface area (Å²) in [7, 11) is 0. The molecule has 5 nitrogen and oxygen atoms in total. The van der Waals surface area contributed by atoms with Crippen LogP contribution in [0.3, 0.4) is 0 Å². The molecule has 0 spiro atoms. The van der Waals surface area contributed by atoms with Gasteiger partial charge in [0.05, 0.1) is 11.0 Å². The van der Waals surface area contributed by atoms with Crippen LogP contribution in [0.15, 0.2) is 17.9 Å². The first kappa shape index (κ1) is 25.2. The molecule has 1 aromatic carbocycles. The quantitative estimate of drug-likeness (QED) is 0.509. The highest BCUT2D eigenvalue weighted by atomic mass is 16.5. The first-order valence-corrected chi connectivity index (χ1v) is 12.1. The van der Waals surface area contributed by atoms with Gasteiger partial charge < -0.3 is 9.47 Å². The number of esters is 2. The van der Waals surface area contributed by atoms with Crippen LogP contribution in [0.5, 0.6) is 0 Å². The summed E-state index contributed by atoms with van der Waals surface area (Å²) in [6.07, 6.45) is 4.74. The van der Waals surface area contributed by atoms with Crippen LogP contribution in [0.4, 0.5) is 0 Å². The molecule has 0 aromatic heterocycles. The van der Waals surface area contributed by atoms with Crippen LogP contribution in [0, 0.1) is 38.0 Å². The van der Waals surface area contributed by atoms with E-state index in [9.17, 15) is 14.4 Å². The molecule has 0 N–H and O–H groups in total. The molecule has 2 aliphatic carbocycles. The minimum absolute atomic E-state index is 0.00823. The first-order valence-electron chi connectivity index (χ1n) is 12.1. The van der Waals surface area contributed by atoms with Gasteiger partial charge in [-0.1, -0.05) is 17.7 Å². The predicted molar refractivity (Wildman–Crippen MR) is 128 cm³/mol. The highest BCUT2D eigenvalue weighted by molar-refractivity contribution is 6.24. The summed E-state index contributed by atoms with van der Waals surface area (Å²) >= 11 is 0. The molecule has 1 atom stereocenters. The van der Waals surface area contributed by atoms with E-state index in [1.165, 1.54) is 6.92 Å². The Bertz CT molecular complexity index is 947. The minimum Gasteiger partial charge on any atom is -0.463 e. The number of carbonyl (C=O) groups is 3. The standard InChI is InChI=1S/C28H38O5/c1-16-12-17(2)24(18(3)13-16)25-23(30)15-21(26(25)33-27(31)28(5,6)7)14-20-8-10-22(11-9-20)32-19(4)29/h12-13,20-22H,8-11,14-15H2,1-7H3. The molecule has 180 valence electrons. The molecule has 1 saturated carbocycles. The molecule has 1 fully saturated rings. The lowest BCUT2D eigenvalue weighted by Crippen LogP contribution is -2.26. The van der Waals surface area contributed by atoms with Gasteiger partial charge in [-0.15, -0.1) is 0 Å². The van der Waals surface area contributed by atoms with Crippen LogP contribution >= 0.6 is 0 Å². The summed E-state index contributed by atoms with van der Waals surface area (Å²) in [5.41, 5.74) is 4.04. The van der Waals surface area contributed by atoms with Crippen LogP contribution in [-0.4, -0.2) is 23.8 Å². The highest BCUT2D eigenvalue weighted by Gasteiger charge is 2.40. The van der Waals surface area contributed by atoms with Crippen molar-refractivity contribution >= 4 is 23.3 Å². The van der Waals surface area contributed by atoms with Crippen LogP contribution in [0.25, 0.3) is 5.57 Å². The maximum absolute atomic E-state index is 13.3. The second-order valence-electron chi connectivity index (χ2n) is 11.0. The molecule has 0 bridgehead atoms. The van der Waals surface area contributed by atoms with Crippen LogP contribution < -0.4 is 0 Å². The van der Waals surface area contributed by atoms with E-state index < -0.39 is 5.41 Å². The zero-order valence-electron chi connectivity index (χ0n) is 21.2. The summed E-state index contributed by atoms with van der Waals surface area (Å²) in [4.78, 5) is 37.5. The van der Waals surface area contributed by atoms with E-state index in [0.29, 0.717) is 23.7 Å². The smallest absolute Gasteiger partial charge is 0.316 e. The molecule has 0 radical (unpaired) electrons. The van der Waals surface area contributed by atoms with Gasteiger partial charge in [-0.05, 0) is 96.3 Å². The van der Waals surface area contributed by atoms with Gasteiger partial charge in [0.2, 0.25) is 0 Å². The number of ether oxygens (including phenoxy) is 2. The van der Waals surface area contributed by atoms with Crippen molar-refractivity contribution in [2.24, 2.45) is 17.3 Å². The maximum atomic E-state index is 13.3. The van der Waals surface area contributed by atoms with Crippen molar-refractivity contribution < 1.29 is 23.9 Å². The summed E-state index contributed by atoms with van der Waals surface area (Å²) < 4.78 is 11.4. The van der Waals surface area contributed by atoms with E-state index in [0.717, 1.165) is 54.4 Å². The van der Waals surface area contributed by atoms with Gasteiger partial charge in [0, 0.05) is 19.3 Å². The second kappa shape index (κ2) is 9.82. The molecule has 33 heavy (non-hydrogen) atoms. The number of hydrogen-bond acceptors (Lipinski definition) is 5. The third kappa shape index (κ3) is 5.93. The lowest BCUT2D eigenvalue weighted by molar-refractivity contribution is -0.149. The fraction of sp³-hybridized carbons (Fsp3) is 0.607. The van der Waals surface area contributed by atoms with Gasteiger partial charge >= 0.3 is 11.9 Å². The number of carbonyl (C=O) groups excluding carboxylic acids is 3. The third-order valence-corrected chi connectivity index (χ3v) is 6.81. The molecule has 3 rings (SSSR count). The van der Waals surface area contributed by atoms with Gasteiger partial charge in [-0.3, -0.25) is 14.4 Å². The molecule has 0 heterocycles. The van der Waals surface area contributed by atoms with Crippen molar-refractivity contribution in [1.29, 1.82) is 0 Å². The van der Waals surface area contributed by atoms with E-state index >= 15 is 0 Å². The first-order chi connectivity index (χ1) is 15.4. The Kier molecular flexibility index (Phi) is 7.50. The zero-order valence-corrected chi connectivity index (χ0v) is 21.2. The van der Waals surface area contributed by atoms with Gasteiger partial charge in [0.25, 0.3) is 0 Å². The second-order valence-corrected chi connectivity index (χ2v) is 11.0. The van der Waals surface area contributed by atoms with E-state index in [4.69, 9.17) is 9.47 Å². The van der Waals surface area contributed by atoms with Crippen molar-refractivity contribution in [1.82, 2.24) is 0 Å². The monoisotopic (exact) mass is 454 g/mol. The van der Waals surface area contributed by atoms with Crippen molar-refractivity contribution in [2.45, 2.75) is 93.1 Å². The zero-order chi connectivity index (χ0) is 24.5. The predicted octanol–water partition coefficient (Wildman–Crippen LogP) is 6.01. The summed E-state index contributed by atoms with van der Waals surface area (Å²) in [5.74, 6) is 0.382. The summed E-state index contributed by atoms with van der Waals surface area (Å²) in [5, 5.41) is 0. The van der Waals surface area contributed by atoms with Crippen LogP contribution in [0.1, 0.15) is 88.5 Å². The molecule has 0 saturated heterocycles. The topological polar surface area (TPSA) is 69.7 Å². The molecule has 0 aliphatic heterocycles. The fourth-order valence-electron chi connectivity index (χ4n) is 5.30. The van der Waals surface area contributed by atoms with Crippen molar-refractivity contribution in [3.8, 4) is 0 Å². The largest absolute Gasteiger partial charge is 0.463 e. The van der Waals surface area contributed by atoms with E-state index in [1.54, 1.807) is 0 Å². The molecule has 1 unspecified atom stereocenters. The molecular formula is C28H38O5. The van der Waals surface area contributed by atoms with Gasteiger partial charge in [0.1, 0.15) is 11.9 Å². The number of allylic oxidation sites excluding steroid dienone is 2. The number of aryl methyl sites for hydroxylation is 3. The van der Waals surface area contributed by atoms with Crippen molar-refractivity contribution in [3.63, 3.8) is 0 Å². The lowest BCUT2D eigenvalue weighted by atomic mass is 9.81. The molecule has 2 aliphatic rings. The normalized spacial score (nSPS) is 23.6. The Hall–Kier alpha value is -2.43. The van der Waals surface area contributed by atoms with E-state index in [2.05, 4.69) is 12.1 Å². The molecule has 0 amide bonds. The van der Waals surface area contributed by atoms with Gasteiger partial charge in [0.15, 0.2) is 5.78 Å².